The number of aryl methyl sites for hydroxylation is 1. The molecule has 0 amide bonds. The van der Waals surface area contributed by atoms with Crippen LogP contribution in [0, 0.1) is 6.92 Å². The Labute approximate surface area is 109 Å². The lowest BCUT2D eigenvalue weighted by Gasteiger charge is -2.23. The SMILES string of the molecule is CCN(CCCN(C)C)c1cc(Cl)nc(C)n1. The summed E-state index contributed by atoms with van der Waals surface area (Å²) in [7, 11) is 4.17. The molecule has 17 heavy (non-hydrogen) atoms. The average molecular weight is 257 g/mol. The Bertz CT molecular complexity index is 334. The highest BCUT2D eigenvalue weighted by Crippen LogP contribution is 2.16. The van der Waals surface area contributed by atoms with E-state index < -0.39 is 0 Å². The van der Waals surface area contributed by atoms with E-state index in [0.717, 1.165) is 37.7 Å². The van der Waals surface area contributed by atoms with E-state index in [-0.39, 0.29) is 0 Å². The normalized spacial score (nSPS) is 10.9. The number of anilines is 1. The number of aromatic nitrogens is 2. The molecule has 1 heterocycles. The molecular weight excluding hydrogens is 236 g/mol. The lowest BCUT2D eigenvalue weighted by Crippen LogP contribution is -2.28. The van der Waals surface area contributed by atoms with Crippen LogP contribution in [0.5, 0.6) is 0 Å². The van der Waals surface area contributed by atoms with Crippen molar-refractivity contribution < 1.29 is 0 Å². The second-order valence-electron chi connectivity index (χ2n) is 4.33. The van der Waals surface area contributed by atoms with E-state index in [1.807, 2.05) is 13.0 Å². The number of hydrogen-bond donors (Lipinski definition) is 0. The maximum absolute atomic E-state index is 5.95. The van der Waals surface area contributed by atoms with E-state index in [2.05, 4.69) is 40.8 Å². The predicted octanol–water partition coefficient (Wildman–Crippen LogP) is 2.22. The molecule has 0 aromatic carbocycles. The van der Waals surface area contributed by atoms with Crippen LogP contribution >= 0.6 is 11.6 Å². The Kier molecular flexibility index (Phi) is 5.65. The third-order valence-electron chi connectivity index (χ3n) is 2.53. The van der Waals surface area contributed by atoms with Gasteiger partial charge >= 0.3 is 0 Å². The van der Waals surface area contributed by atoms with Crippen LogP contribution in [0.3, 0.4) is 0 Å². The van der Waals surface area contributed by atoms with Gasteiger partial charge in [0.05, 0.1) is 0 Å². The zero-order chi connectivity index (χ0) is 12.8. The highest BCUT2D eigenvalue weighted by molar-refractivity contribution is 6.29. The van der Waals surface area contributed by atoms with Crippen LogP contribution in [0.15, 0.2) is 6.07 Å². The summed E-state index contributed by atoms with van der Waals surface area (Å²) in [5.41, 5.74) is 0. The molecule has 0 aliphatic rings. The zero-order valence-corrected chi connectivity index (χ0v) is 11.8. The molecule has 96 valence electrons. The second kappa shape index (κ2) is 6.77. The molecule has 0 atom stereocenters. The summed E-state index contributed by atoms with van der Waals surface area (Å²) in [5, 5.41) is 0.513. The van der Waals surface area contributed by atoms with Crippen LogP contribution in [0.25, 0.3) is 0 Å². The van der Waals surface area contributed by atoms with Crippen molar-refractivity contribution >= 4 is 17.4 Å². The lowest BCUT2D eigenvalue weighted by atomic mass is 10.3. The van der Waals surface area contributed by atoms with Gasteiger partial charge in [0, 0.05) is 19.2 Å². The highest BCUT2D eigenvalue weighted by Gasteiger charge is 2.08. The molecule has 0 saturated heterocycles. The van der Waals surface area contributed by atoms with Crippen LogP contribution in [-0.2, 0) is 0 Å². The molecule has 0 bridgehead atoms. The van der Waals surface area contributed by atoms with E-state index in [4.69, 9.17) is 11.6 Å². The molecule has 1 rings (SSSR count). The van der Waals surface area contributed by atoms with Crippen molar-refractivity contribution in [2.45, 2.75) is 20.3 Å². The molecule has 0 aliphatic carbocycles. The van der Waals surface area contributed by atoms with E-state index in [1.54, 1.807) is 0 Å². The monoisotopic (exact) mass is 256 g/mol. The standard InChI is InChI=1S/C12H21ClN4/c1-5-17(8-6-7-16(3)4)12-9-11(13)14-10(2)15-12/h9H,5-8H2,1-4H3. The van der Waals surface area contributed by atoms with Gasteiger partial charge in [0.2, 0.25) is 0 Å². The lowest BCUT2D eigenvalue weighted by molar-refractivity contribution is 0.400. The van der Waals surface area contributed by atoms with E-state index in [1.165, 1.54) is 0 Å². The first-order valence-electron chi connectivity index (χ1n) is 5.93. The van der Waals surface area contributed by atoms with Gasteiger partial charge in [-0.05, 0) is 40.9 Å². The summed E-state index contributed by atoms with van der Waals surface area (Å²) < 4.78 is 0. The first kappa shape index (κ1) is 14.2. The van der Waals surface area contributed by atoms with Crippen molar-refractivity contribution in [1.29, 1.82) is 0 Å². The summed E-state index contributed by atoms with van der Waals surface area (Å²) in [4.78, 5) is 12.9. The van der Waals surface area contributed by atoms with E-state index in [9.17, 15) is 0 Å². The highest BCUT2D eigenvalue weighted by atomic mass is 35.5. The minimum absolute atomic E-state index is 0.513. The van der Waals surface area contributed by atoms with Crippen LogP contribution in [0.4, 0.5) is 5.82 Å². The molecule has 1 aromatic rings. The van der Waals surface area contributed by atoms with Crippen molar-refractivity contribution in [1.82, 2.24) is 14.9 Å². The first-order valence-corrected chi connectivity index (χ1v) is 6.31. The fourth-order valence-corrected chi connectivity index (χ4v) is 1.91. The largest absolute Gasteiger partial charge is 0.357 e. The Morgan fingerprint density at radius 1 is 1.24 bits per heavy atom. The molecule has 0 saturated carbocycles. The number of nitrogens with zero attached hydrogens (tertiary/aromatic N) is 4. The van der Waals surface area contributed by atoms with Crippen LogP contribution < -0.4 is 4.90 Å². The van der Waals surface area contributed by atoms with Gasteiger partial charge in [-0.1, -0.05) is 11.6 Å². The number of halogens is 1. The van der Waals surface area contributed by atoms with Crippen LogP contribution in [0.2, 0.25) is 5.15 Å². The predicted molar refractivity (Wildman–Crippen MR) is 72.8 cm³/mol. The Hall–Kier alpha value is -0.870. The molecular formula is C12H21ClN4. The van der Waals surface area contributed by atoms with Crippen LogP contribution in [0.1, 0.15) is 19.2 Å². The topological polar surface area (TPSA) is 32.3 Å². The molecule has 0 spiro atoms. The van der Waals surface area contributed by atoms with Crippen molar-refractivity contribution in [2.24, 2.45) is 0 Å². The van der Waals surface area contributed by atoms with E-state index >= 15 is 0 Å². The molecule has 5 heteroatoms. The van der Waals surface area contributed by atoms with Crippen LogP contribution in [-0.4, -0.2) is 48.6 Å². The van der Waals surface area contributed by atoms with Gasteiger partial charge < -0.3 is 9.80 Å². The molecule has 0 fully saturated rings. The smallest absolute Gasteiger partial charge is 0.134 e. The third-order valence-corrected chi connectivity index (χ3v) is 2.73. The van der Waals surface area contributed by atoms with Gasteiger partial charge in [0.25, 0.3) is 0 Å². The van der Waals surface area contributed by atoms with Crippen molar-refractivity contribution in [3.63, 3.8) is 0 Å². The van der Waals surface area contributed by atoms with Crippen molar-refractivity contribution in [2.75, 3.05) is 38.6 Å². The Morgan fingerprint density at radius 2 is 1.94 bits per heavy atom. The van der Waals surface area contributed by atoms with Gasteiger partial charge in [0.1, 0.15) is 16.8 Å². The average Bonchev–Trinajstić information content (AvgIpc) is 2.22. The zero-order valence-electron chi connectivity index (χ0n) is 11.1. The maximum atomic E-state index is 5.95. The molecule has 0 N–H and O–H groups in total. The van der Waals surface area contributed by atoms with Gasteiger partial charge in [-0.25, -0.2) is 9.97 Å². The Balaban J connectivity index is 2.65. The Morgan fingerprint density at radius 3 is 2.47 bits per heavy atom. The fraction of sp³-hybridized carbons (Fsp3) is 0.667. The van der Waals surface area contributed by atoms with E-state index in [0.29, 0.717) is 5.15 Å². The summed E-state index contributed by atoms with van der Waals surface area (Å²) in [6, 6.07) is 1.83. The second-order valence-corrected chi connectivity index (χ2v) is 4.72. The summed E-state index contributed by atoms with van der Waals surface area (Å²) in [5.74, 6) is 1.64. The summed E-state index contributed by atoms with van der Waals surface area (Å²) in [6.07, 6.45) is 1.11. The van der Waals surface area contributed by atoms with Crippen molar-refractivity contribution in [3.8, 4) is 0 Å². The summed E-state index contributed by atoms with van der Waals surface area (Å²) >= 11 is 5.95. The molecule has 0 unspecified atom stereocenters. The molecule has 1 aromatic heterocycles. The quantitative estimate of drug-likeness (QED) is 0.731. The first-order chi connectivity index (χ1) is 8.02. The number of rotatable bonds is 6. The minimum atomic E-state index is 0.513. The minimum Gasteiger partial charge on any atom is -0.357 e. The molecule has 0 radical (unpaired) electrons. The van der Waals surface area contributed by atoms with Gasteiger partial charge in [0.15, 0.2) is 0 Å². The summed E-state index contributed by atoms with van der Waals surface area (Å²) in [6.45, 7) is 6.99. The maximum Gasteiger partial charge on any atom is 0.134 e. The van der Waals surface area contributed by atoms with Gasteiger partial charge in [-0.3, -0.25) is 0 Å². The molecule has 0 aliphatic heterocycles. The number of hydrogen-bond acceptors (Lipinski definition) is 4. The fourth-order valence-electron chi connectivity index (χ4n) is 1.69. The molecule has 4 nitrogen and oxygen atoms in total. The third kappa shape index (κ3) is 4.88. The van der Waals surface area contributed by atoms with Gasteiger partial charge in [-0.15, -0.1) is 0 Å². The van der Waals surface area contributed by atoms with Gasteiger partial charge in [-0.2, -0.15) is 0 Å². The van der Waals surface area contributed by atoms with Crippen molar-refractivity contribution in [3.05, 3.63) is 17.0 Å².